The first-order valence-corrected chi connectivity index (χ1v) is 6.92. The van der Waals surface area contributed by atoms with E-state index in [1.54, 1.807) is 13.0 Å². The van der Waals surface area contributed by atoms with Gasteiger partial charge in [-0.1, -0.05) is 11.8 Å². The first kappa shape index (κ1) is 14.0. The highest BCUT2D eigenvalue weighted by Gasteiger charge is 2.67. The maximum Gasteiger partial charge on any atom is 0.302 e. The lowest BCUT2D eigenvalue weighted by Crippen LogP contribution is -2.46. The van der Waals surface area contributed by atoms with Crippen molar-refractivity contribution in [1.29, 1.82) is 0 Å². The summed E-state index contributed by atoms with van der Waals surface area (Å²) in [6, 6.07) is 0. The van der Waals surface area contributed by atoms with Gasteiger partial charge in [0.15, 0.2) is 6.10 Å². The number of ether oxygens (including phenoxy) is 4. The second-order valence-corrected chi connectivity index (χ2v) is 5.16. The number of esters is 1. The molecule has 110 valence electrons. The molecule has 3 rings (SSSR count). The predicted octanol–water partition coefficient (Wildman–Crippen LogP) is 1.13. The van der Waals surface area contributed by atoms with Crippen molar-refractivity contribution >= 4 is 5.97 Å². The minimum Gasteiger partial charge on any atom is -0.460 e. The number of hydrogen-bond donors (Lipinski definition) is 0. The first-order valence-electron chi connectivity index (χ1n) is 6.92. The van der Waals surface area contributed by atoms with E-state index in [0.29, 0.717) is 25.2 Å². The molecule has 3 saturated heterocycles. The van der Waals surface area contributed by atoms with Gasteiger partial charge in [-0.05, 0) is 25.2 Å². The van der Waals surface area contributed by atoms with Crippen LogP contribution in [-0.2, 0) is 23.7 Å². The number of fused-ring (bicyclic) bond motifs is 2. The molecule has 4 atom stereocenters. The van der Waals surface area contributed by atoms with Crippen LogP contribution in [0.5, 0.6) is 0 Å². The Kier molecular flexibility index (Phi) is 3.63. The molecule has 0 aromatic rings. The molecule has 1 spiro atoms. The third-order valence-electron chi connectivity index (χ3n) is 3.63. The van der Waals surface area contributed by atoms with Crippen molar-refractivity contribution in [3.05, 3.63) is 11.8 Å². The third kappa shape index (κ3) is 2.76. The molecule has 3 aliphatic heterocycles. The fraction of sp³-hybridized carbons (Fsp3) is 0.562. The molecular weight excluding hydrogens is 272 g/mol. The molecule has 0 bridgehead atoms. The summed E-state index contributed by atoms with van der Waals surface area (Å²) in [7, 11) is 0. The second kappa shape index (κ2) is 5.44. The van der Waals surface area contributed by atoms with Crippen LogP contribution < -0.4 is 0 Å². The summed E-state index contributed by atoms with van der Waals surface area (Å²) in [5.41, 5.74) is 0. The summed E-state index contributed by atoms with van der Waals surface area (Å²) in [5.74, 6) is 10.5. The van der Waals surface area contributed by atoms with E-state index in [4.69, 9.17) is 18.9 Å². The third-order valence-corrected chi connectivity index (χ3v) is 3.63. The van der Waals surface area contributed by atoms with E-state index in [-0.39, 0.29) is 24.3 Å². The minimum absolute atomic E-state index is 0.0702. The fourth-order valence-corrected chi connectivity index (χ4v) is 2.68. The van der Waals surface area contributed by atoms with Crippen molar-refractivity contribution in [2.24, 2.45) is 0 Å². The van der Waals surface area contributed by atoms with Gasteiger partial charge in [-0.25, -0.2) is 0 Å². The molecule has 0 radical (unpaired) electrons. The Morgan fingerprint density at radius 3 is 3.00 bits per heavy atom. The molecule has 0 amide bonds. The predicted molar refractivity (Wildman–Crippen MR) is 72.5 cm³/mol. The van der Waals surface area contributed by atoms with Crippen molar-refractivity contribution in [3.63, 3.8) is 0 Å². The molecule has 0 saturated carbocycles. The van der Waals surface area contributed by atoms with E-state index < -0.39 is 5.79 Å². The van der Waals surface area contributed by atoms with Crippen molar-refractivity contribution < 1.29 is 23.7 Å². The lowest BCUT2D eigenvalue weighted by molar-refractivity contribution is -0.260. The fourth-order valence-electron chi connectivity index (χ4n) is 2.68. The van der Waals surface area contributed by atoms with Gasteiger partial charge in [0, 0.05) is 19.4 Å². The molecule has 5 nitrogen and oxygen atoms in total. The Morgan fingerprint density at radius 1 is 1.48 bits per heavy atom. The minimum atomic E-state index is -0.745. The van der Waals surface area contributed by atoms with Crippen LogP contribution in [0.4, 0.5) is 0 Å². The maximum atomic E-state index is 11.0. The van der Waals surface area contributed by atoms with Crippen LogP contribution in [0, 0.1) is 23.7 Å². The molecule has 3 aliphatic rings. The van der Waals surface area contributed by atoms with Crippen LogP contribution in [0.25, 0.3) is 0 Å². The Balaban J connectivity index is 1.63. The topological polar surface area (TPSA) is 57.3 Å². The highest BCUT2D eigenvalue weighted by molar-refractivity contribution is 5.66. The number of epoxide rings is 1. The van der Waals surface area contributed by atoms with Crippen molar-refractivity contribution in [2.45, 2.75) is 50.8 Å². The van der Waals surface area contributed by atoms with Gasteiger partial charge >= 0.3 is 5.97 Å². The summed E-state index contributed by atoms with van der Waals surface area (Å²) >= 11 is 0. The zero-order valence-corrected chi connectivity index (χ0v) is 12.0. The number of carbonyl (C=O) groups is 1. The highest BCUT2D eigenvalue weighted by Crippen LogP contribution is 2.52. The quantitative estimate of drug-likeness (QED) is 0.411. The summed E-state index contributed by atoms with van der Waals surface area (Å²) in [6.07, 6.45) is 2.66. The van der Waals surface area contributed by atoms with Crippen LogP contribution in [0.2, 0.25) is 0 Å². The van der Waals surface area contributed by atoms with Gasteiger partial charge in [0.05, 0.1) is 6.61 Å². The summed E-state index contributed by atoms with van der Waals surface area (Å²) in [5, 5.41) is 0. The Morgan fingerprint density at radius 2 is 2.33 bits per heavy atom. The van der Waals surface area contributed by atoms with E-state index in [2.05, 4.69) is 23.7 Å². The van der Waals surface area contributed by atoms with Gasteiger partial charge < -0.3 is 18.9 Å². The molecule has 0 aromatic carbocycles. The van der Waals surface area contributed by atoms with E-state index in [0.717, 1.165) is 0 Å². The van der Waals surface area contributed by atoms with Gasteiger partial charge in [0.25, 0.3) is 0 Å². The SMILES string of the molecule is CC#CC#C/C=C1/O[C@]2(CCC(OC(C)=O)CO2)[C@@H]2O[C@H]12. The molecule has 3 fully saturated rings. The van der Waals surface area contributed by atoms with Crippen LogP contribution in [0.15, 0.2) is 11.8 Å². The zero-order valence-electron chi connectivity index (χ0n) is 12.0. The summed E-state index contributed by atoms with van der Waals surface area (Å²) in [4.78, 5) is 11.0. The normalized spacial score (nSPS) is 37.6. The maximum absolute atomic E-state index is 11.0. The zero-order chi connectivity index (χ0) is 14.9. The number of rotatable bonds is 1. The van der Waals surface area contributed by atoms with E-state index in [1.165, 1.54) is 6.92 Å². The van der Waals surface area contributed by atoms with Gasteiger partial charge in [0.2, 0.25) is 5.79 Å². The Labute approximate surface area is 123 Å². The van der Waals surface area contributed by atoms with Crippen LogP contribution in [0.1, 0.15) is 26.7 Å². The average Bonchev–Trinajstić information content (AvgIpc) is 3.20. The highest BCUT2D eigenvalue weighted by atomic mass is 16.8. The number of carbonyl (C=O) groups excluding carboxylic acids is 1. The van der Waals surface area contributed by atoms with Crippen molar-refractivity contribution in [3.8, 4) is 23.7 Å². The van der Waals surface area contributed by atoms with Gasteiger partial charge in [-0.3, -0.25) is 4.79 Å². The Hall–Kier alpha value is -1.95. The van der Waals surface area contributed by atoms with Crippen LogP contribution in [0.3, 0.4) is 0 Å². The smallest absolute Gasteiger partial charge is 0.302 e. The lowest BCUT2D eigenvalue weighted by atomic mass is 10.0. The summed E-state index contributed by atoms with van der Waals surface area (Å²) < 4.78 is 22.5. The van der Waals surface area contributed by atoms with Gasteiger partial charge in [-0.15, -0.1) is 0 Å². The molecular formula is C16H16O5. The molecule has 21 heavy (non-hydrogen) atoms. The lowest BCUT2D eigenvalue weighted by Gasteiger charge is -2.36. The molecule has 3 heterocycles. The molecule has 1 unspecified atom stereocenters. The van der Waals surface area contributed by atoms with Gasteiger partial charge in [-0.2, -0.15) is 0 Å². The number of hydrogen-bond acceptors (Lipinski definition) is 5. The average molecular weight is 288 g/mol. The van der Waals surface area contributed by atoms with Gasteiger partial charge in [0.1, 0.15) is 18.0 Å². The monoisotopic (exact) mass is 288 g/mol. The molecule has 0 N–H and O–H groups in total. The van der Waals surface area contributed by atoms with Crippen LogP contribution >= 0.6 is 0 Å². The molecule has 0 aliphatic carbocycles. The van der Waals surface area contributed by atoms with E-state index >= 15 is 0 Å². The van der Waals surface area contributed by atoms with E-state index in [9.17, 15) is 4.79 Å². The molecule has 5 heteroatoms. The van der Waals surface area contributed by atoms with Crippen molar-refractivity contribution in [1.82, 2.24) is 0 Å². The Bertz CT molecular complexity index is 590. The van der Waals surface area contributed by atoms with Crippen LogP contribution in [-0.4, -0.2) is 36.7 Å². The molecule has 0 aromatic heterocycles. The van der Waals surface area contributed by atoms with E-state index in [1.807, 2.05) is 0 Å². The second-order valence-electron chi connectivity index (χ2n) is 5.16. The van der Waals surface area contributed by atoms with Crippen molar-refractivity contribution in [2.75, 3.05) is 6.61 Å². The first-order chi connectivity index (χ1) is 10.1. The largest absolute Gasteiger partial charge is 0.460 e. The number of allylic oxidation sites excluding steroid dienone is 1. The summed E-state index contributed by atoms with van der Waals surface area (Å²) in [6.45, 7) is 3.46. The standard InChI is InChI=1S/C16H16O5/c1-3-4-5-6-7-13-14-15(20-14)16(21-13)9-8-12(10-18-16)19-11(2)17/h7,12,14-15H,8-10H2,1-2H3/b13-7+/t12?,14-,15-,16-/m1/s1.